The van der Waals surface area contributed by atoms with Crippen LogP contribution in [0.25, 0.3) is 0 Å². The van der Waals surface area contributed by atoms with Gasteiger partial charge in [-0.15, -0.1) is 0 Å². The molecule has 2 N–H and O–H groups in total. The Balaban J connectivity index is 4.39. The van der Waals surface area contributed by atoms with E-state index in [9.17, 15) is 9.59 Å². The Morgan fingerprint density at radius 1 is 1.15 bits per heavy atom. The third-order valence-electron chi connectivity index (χ3n) is 2.62. The highest BCUT2D eigenvalue weighted by molar-refractivity contribution is 5.75. The molecule has 0 bridgehead atoms. The number of hydrogen-bond donors (Lipinski definition) is 2. The Kier molecular flexibility index (Phi) is 4.45. The highest BCUT2D eigenvalue weighted by atomic mass is 16.4. The molecule has 0 aliphatic heterocycles. The lowest BCUT2D eigenvalue weighted by molar-refractivity contribution is -0.150. The van der Waals surface area contributed by atoms with Crippen LogP contribution in [0.4, 0.5) is 0 Å². The number of aliphatic carboxylic acids is 2. The second-order valence-electron chi connectivity index (χ2n) is 3.19. The first kappa shape index (κ1) is 11.9. The number of rotatable bonds is 6. The van der Waals surface area contributed by atoms with Crippen LogP contribution in [0.1, 0.15) is 39.5 Å². The van der Waals surface area contributed by atoms with Gasteiger partial charge in [0.1, 0.15) is 0 Å². The van der Waals surface area contributed by atoms with Crippen molar-refractivity contribution in [2.24, 2.45) is 5.41 Å². The fourth-order valence-corrected chi connectivity index (χ4v) is 1.36. The first-order valence-corrected chi connectivity index (χ1v) is 4.43. The molecule has 0 rings (SSSR count). The number of carboxylic acid groups (broad SMARTS) is 2. The van der Waals surface area contributed by atoms with Crippen LogP contribution >= 0.6 is 0 Å². The number of carboxylic acids is 2. The summed E-state index contributed by atoms with van der Waals surface area (Å²) in [4.78, 5) is 21.2. The average molecular weight is 188 g/mol. The molecule has 0 fully saturated rings. The molecule has 0 unspecified atom stereocenters. The van der Waals surface area contributed by atoms with E-state index in [4.69, 9.17) is 10.2 Å². The van der Waals surface area contributed by atoms with Crippen molar-refractivity contribution in [3.63, 3.8) is 0 Å². The van der Waals surface area contributed by atoms with Crippen LogP contribution in [-0.2, 0) is 9.59 Å². The van der Waals surface area contributed by atoms with Crippen molar-refractivity contribution >= 4 is 11.9 Å². The summed E-state index contributed by atoms with van der Waals surface area (Å²) in [6, 6.07) is 0. The molecule has 4 nitrogen and oxygen atoms in total. The van der Waals surface area contributed by atoms with Crippen LogP contribution in [0.3, 0.4) is 0 Å². The van der Waals surface area contributed by atoms with E-state index >= 15 is 0 Å². The molecule has 0 saturated heterocycles. The van der Waals surface area contributed by atoms with E-state index in [1.54, 1.807) is 13.8 Å². The fraction of sp³-hybridized carbons (Fsp3) is 0.778. The summed E-state index contributed by atoms with van der Waals surface area (Å²) in [5.41, 5.74) is -0.849. The number of carbonyl (C=O) groups is 2. The molecule has 13 heavy (non-hydrogen) atoms. The topological polar surface area (TPSA) is 74.6 Å². The van der Waals surface area contributed by atoms with Crippen LogP contribution in [0.15, 0.2) is 0 Å². The molecule has 0 aliphatic carbocycles. The van der Waals surface area contributed by atoms with Gasteiger partial charge >= 0.3 is 11.9 Å². The quantitative estimate of drug-likeness (QED) is 0.665. The third-order valence-corrected chi connectivity index (χ3v) is 2.62. The maximum Gasteiger partial charge on any atom is 0.309 e. The van der Waals surface area contributed by atoms with Gasteiger partial charge in [0.15, 0.2) is 0 Å². The van der Waals surface area contributed by atoms with E-state index in [1.165, 1.54) is 0 Å². The Labute approximate surface area is 77.6 Å². The summed E-state index contributed by atoms with van der Waals surface area (Å²) in [6.45, 7) is 3.55. The van der Waals surface area contributed by atoms with E-state index in [2.05, 4.69) is 0 Å². The summed E-state index contributed by atoms with van der Waals surface area (Å²) in [5, 5.41) is 17.4. The van der Waals surface area contributed by atoms with Crippen LogP contribution in [0, 0.1) is 5.41 Å². The van der Waals surface area contributed by atoms with Crippen molar-refractivity contribution in [3.8, 4) is 0 Å². The van der Waals surface area contributed by atoms with Crippen LogP contribution in [-0.4, -0.2) is 22.2 Å². The van der Waals surface area contributed by atoms with Gasteiger partial charge in [-0.05, 0) is 19.3 Å². The molecule has 76 valence electrons. The van der Waals surface area contributed by atoms with E-state index in [1.807, 2.05) is 0 Å². The van der Waals surface area contributed by atoms with Gasteiger partial charge in [-0.3, -0.25) is 9.59 Å². The minimum Gasteiger partial charge on any atom is -0.481 e. The molecule has 0 saturated carbocycles. The zero-order valence-corrected chi connectivity index (χ0v) is 8.04. The summed E-state index contributed by atoms with van der Waals surface area (Å²) >= 11 is 0. The van der Waals surface area contributed by atoms with Gasteiger partial charge in [-0.1, -0.05) is 13.8 Å². The van der Waals surface area contributed by atoms with Gasteiger partial charge in [0.2, 0.25) is 0 Å². The van der Waals surface area contributed by atoms with Crippen molar-refractivity contribution < 1.29 is 19.8 Å². The summed E-state index contributed by atoms with van der Waals surface area (Å²) in [5.74, 6) is -1.83. The van der Waals surface area contributed by atoms with E-state index in [0.717, 1.165) is 0 Å². The van der Waals surface area contributed by atoms with Gasteiger partial charge in [0.05, 0.1) is 5.41 Å². The maximum atomic E-state index is 10.9. The second-order valence-corrected chi connectivity index (χ2v) is 3.19. The van der Waals surface area contributed by atoms with Gasteiger partial charge in [-0.2, -0.15) is 0 Å². The molecular formula is C9H16O4. The first-order chi connectivity index (χ1) is 5.98. The van der Waals surface area contributed by atoms with Gasteiger partial charge < -0.3 is 10.2 Å². The maximum absolute atomic E-state index is 10.9. The van der Waals surface area contributed by atoms with Crippen molar-refractivity contribution in [3.05, 3.63) is 0 Å². The Morgan fingerprint density at radius 3 is 1.85 bits per heavy atom. The Morgan fingerprint density at radius 2 is 1.62 bits per heavy atom. The monoisotopic (exact) mass is 188 g/mol. The highest BCUT2D eigenvalue weighted by Crippen LogP contribution is 2.32. The summed E-state index contributed by atoms with van der Waals surface area (Å²) in [7, 11) is 0. The SMILES string of the molecule is CCC(CC)(CCC(=O)O)C(=O)O. The van der Waals surface area contributed by atoms with Crippen LogP contribution in [0.2, 0.25) is 0 Å². The summed E-state index contributed by atoms with van der Waals surface area (Å²) in [6.07, 6.45) is 1.09. The van der Waals surface area contributed by atoms with E-state index in [0.29, 0.717) is 12.8 Å². The van der Waals surface area contributed by atoms with Gasteiger partial charge in [-0.25, -0.2) is 0 Å². The van der Waals surface area contributed by atoms with Crippen LogP contribution < -0.4 is 0 Å². The molecule has 0 heterocycles. The molecule has 0 spiro atoms. The molecule has 0 aromatic rings. The normalized spacial score (nSPS) is 11.2. The molecular weight excluding hydrogens is 172 g/mol. The zero-order valence-electron chi connectivity index (χ0n) is 8.04. The predicted octanol–water partition coefficient (Wildman–Crippen LogP) is 1.74. The van der Waals surface area contributed by atoms with Crippen LogP contribution in [0.5, 0.6) is 0 Å². The molecule has 0 atom stereocenters. The molecule has 4 heteroatoms. The lowest BCUT2D eigenvalue weighted by atomic mass is 9.78. The standard InChI is InChI=1S/C9H16O4/c1-3-9(4-2,8(12)13)6-5-7(10)11/h3-6H2,1-2H3,(H,10,11)(H,12,13). The molecule has 0 amide bonds. The Hall–Kier alpha value is -1.06. The third kappa shape index (κ3) is 3.05. The largest absolute Gasteiger partial charge is 0.481 e. The van der Waals surface area contributed by atoms with E-state index in [-0.39, 0.29) is 12.8 Å². The minimum atomic E-state index is -0.937. The number of hydrogen-bond acceptors (Lipinski definition) is 2. The van der Waals surface area contributed by atoms with E-state index < -0.39 is 17.4 Å². The Bertz CT molecular complexity index is 194. The van der Waals surface area contributed by atoms with Crippen molar-refractivity contribution in [2.75, 3.05) is 0 Å². The zero-order chi connectivity index (χ0) is 10.5. The highest BCUT2D eigenvalue weighted by Gasteiger charge is 2.34. The fourth-order valence-electron chi connectivity index (χ4n) is 1.36. The average Bonchev–Trinajstić information content (AvgIpc) is 2.06. The summed E-state index contributed by atoms with van der Waals surface area (Å²) < 4.78 is 0. The minimum absolute atomic E-state index is 0.0754. The molecule has 0 radical (unpaired) electrons. The van der Waals surface area contributed by atoms with Crippen molar-refractivity contribution in [1.82, 2.24) is 0 Å². The predicted molar refractivity (Wildman–Crippen MR) is 47.5 cm³/mol. The lowest BCUT2D eigenvalue weighted by Gasteiger charge is -2.25. The molecule has 0 aromatic heterocycles. The van der Waals surface area contributed by atoms with Gasteiger partial charge in [0.25, 0.3) is 0 Å². The molecule has 0 aliphatic rings. The van der Waals surface area contributed by atoms with Crippen molar-refractivity contribution in [2.45, 2.75) is 39.5 Å². The second kappa shape index (κ2) is 4.84. The smallest absolute Gasteiger partial charge is 0.309 e. The first-order valence-electron chi connectivity index (χ1n) is 4.43. The molecule has 0 aromatic carbocycles. The van der Waals surface area contributed by atoms with Gasteiger partial charge in [0, 0.05) is 6.42 Å². The lowest BCUT2D eigenvalue weighted by Crippen LogP contribution is -2.30. The van der Waals surface area contributed by atoms with Crippen molar-refractivity contribution in [1.29, 1.82) is 0 Å².